The van der Waals surface area contributed by atoms with Gasteiger partial charge >= 0.3 is 7.12 Å². The van der Waals surface area contributed by atoms with E-state index in [1.165, 1.54) is 0 Å². The van der Waals surface area contributed by atoms with Crippen molar-refractivity contribution in [3.05, 3.63) is 28.8 Å². The molecule has 0 aliphatic carbocycles. The topological polar surface area (TPSA) is 30.5 Å². The molecule has 1 fully saturated rings. The zero-order valence-electron chi connectivity index (χ0n) is 12.2. The second-order valence-corrected chi connectivity index (χ2v) is 6.38. The van der Waals surface area contributed by atoms with Crippen LogP contribution in [0.3, 0.4) is 0 Å². The van der Waals surface area contributed by atoms with Gasteiger partial charge in [-0.2, -0.15) is 0 Å². The van der Waals surface area contributed by atoms with Crippen LogP contribution in [-0.4, -0.2) is 25.4 Å². The van der Waals surface area contributed by atoms with Crippen molar-refractivity contribution in [3.8, 4) is 0 Å². The normalized spacial score (nSPS) is 20.8. The minimum absolute atomic E-state index is 0.347. The Hall–Kier alpha value is -0.545. The molecule has 1 heterocycles. The molecular weight excluding hydrogens is 260 g/mol. The maximum atomic E-state index is 6.28. The van der Waals surface area contributed by atoms with E-state index in [2.05, 4.69) is 5.32 Å². The van der Waals surface area contributed by atoms with Gasteiger partial charge in [-0.05, 0) is 46.4 Å². The van der Waals surface area contributed by atoms with Gasteiger partial charge in [0.05, 0.1) is 11.2 Å². The third-order valence-electron chi connectivity index (χ3n) is 3.95. The quantitative estimate of drug-likeness (QED) is 0.863. The van der Waals surface area contributed by atoms with Crippen LogP contribution in [-0.2, 0) is 15.9 Å². The van der Waals surface area contributed by atoms with Gasteiger partial charge in [0.15, 0.2) is 0 Å². The Morgan fingerprint density at radius 3 is 2.26 bits per heavy atom. The number of hydrogen-bond acceptors (Lipinski definition) is 3. The van der Waals surface area contributed by atoms with Gasteiger partial charge < -0.3 is 14.6 Å². The molecule has 0 saturated carbocycles. The second kappa shape index (κ2) is 5.10. The zero-order chi connectivity index (χ0) is 14.3. The molecule has 0 atom stereocenters. The first-order valence-corrected chi connectivity index (χ1v) is 6.93. The second-order valence-electron chi connectivity index (χ2n) is 5.97. The molecular formula is C14H21BClNO2. The Labute approximate surface area is 120 Å². The molecule has 1 aliphatic rings. The highest BCUT2D eigenvalue weighted by atomic mass is 35.5. The predicted molar refractivity (Wildman–Crippen MR) is 79.9 cm³/mol. The lowest BCUT2D eigenvalue weighted by Gasteiger charge is -2.32. The van der Waals surface area contributed by atoms with Crippen LogP contribution in [0.2, 0.25) is 5.02 Å². The lowest BCUT2D eigenvalue weighted by Crippen LogP contribution is -2.41. The molecule has 5 heteroatoms. The zero-order valence-corrected chi connectivity index (χ0v) is 13.0. The minimum Gasteiger partial charge on any atom is -0.399 e. The fourth-order valence-electron chi connectivity index (χ4n) is 2.06. The third kappa shape index (κ3) is 2.82. The van der Waals surface area contributed by atoms with E-state index in [4.69, 9.17) is 20.9 Å². The third-order valence-corrected chi connectivity index (χ3v) is 4.29. The minimum atomic E-state index is -0.408. The highest BCUT2D eigenvalue weighted by Gasteiger charge is 2.52. The fraction of sp³-hybridized carbons (Fsp3) is 0.571. The van der Waals surface area contributed by atoms with Crippen LogP contribution < -0.4 is 10.8 Å². The van der Waals surface area contributed by atoms with Gasteiger partial charge in [0.2, 0.25) is 0 Å². The lowest BCUT2D eigenvalue weighted by molar-refractivity contribution is 0.00578. The molecule has 104 valence electrons. The highest BCUT2D eigenvalue weighted by Crippen LogP contribution is 2.37. The molecule has 0 radical (unpaired) electrons. The predicted octanol–water partition coefficient (Wildman–Crippen LogP) is 2.36. The molecule has 19 heavy (non-hydrogen) atoms. The van der Waals surface area contributed by atoms with Gasteiger partial charge in [-0.3, -0.25) is 0 Å². The van der Waals surface area contributed by atoms with E-state index in [0.717, 1.165) is 17.6 Å². The number of nitrogens with one attached hydrogen (secondary N) is 1. The van der Waals surface area contributed by atoms with E-state index < -0.39 is 7.12 Å². The van der Waals surface area contributed by atoms with Crippen LogP contribution >= 0.6 is 11.6 Å². The van der Waals surface area contributed by atoms with E-state index in [9.17, 15) is 0 Å². The van der Waals surface area contributed by atoms with Crippen LogP contribution in [0.1, 0.15) is 33.3 Å². The summed E-state index contributed by atoms with van der Waals surface area (Å²) in [6.07, 6.45) is 0. The van der Waals surface area contributed by atoms with Crippen molar-refractivity contribution in [3.63, 3.8) is 0 Å². The van der Waals surface area contributed by atoms with Crippen molar-refractivity contribution in [2.75, 3.05) is 7.05 Å². The molecule has 0 spiro atoms. The van der Waals surface area contributed by atoms with Crippen LogP contribution in [0.15, 0.2) is 18.2 Å². The van der Waals surface area contributed by atoms with Gasteiger partial charge in [0.1, 0.15) is 0 Å². The summed E-state index contributed by atoms with van der Waals surface area (Å²) < 4.78 is 12.1. The maximum Gasteiger partial charge on any atom is 0.496 e. The van der Waals surface area contributed by atoms with E-state index in [-0.39, 0.29) is 11.2 Å². The van der Waals surface area contributed by atoms with Gasteiger partial charge in [0, 0.05) is 17.0 Å². The van der Waals surface area contributed by atoms with Gasteiger partial charge in [-0.15, -0.1) is 0 Å². The van der Waals surface area contributed by atoms with Crippen LogP contribution in [0.25, 0.3) is 0 Å². The maximum absolute atomic E-state index is 6.28. The van der Waals surface area contributed by atoms with E-state index in [0.29, 0.717) is 5.02 Å². The van der Waals surface area contributed by atoms with E-state index in [1.54, 1.807) is 0 Å². The number of halogens is 1. The van der Waals surface area contributed by atoms with Crippen molar-refractivity contribution in [1.29, 1.82) is 0 Å². The SMILES string of the molecule is CNCc1ccc(Cl)c(B2OC(C)(C)C(C)(C)O2)c1. The van der Waals surface area contributed by atoms with Crippen molar-refractivity contribution in [2.45, 2.75) is 45.4 Å². The lowest BCUT2D eigenvalue weighted by atomic mass is 9.78. The van der Waals surface area contributed by atoms with Gasteiger partial charge in [-0.25, -0.2) is 0 Å². The van der Waals surface area contributed by atoms with Gasteiger partial charge in [0.25, 0.3) is 0 Å². The molecule has 1 aromatic carbocycles. The molecule has 0 amide bonds. The molecule has 0 bridgehead atoms. The average Bonchev–Trinajstić information content (AvgIpc) is 2.51. The molecule has 1 N–H and O–H groups in total. The van der Waals surface area contributed by atoms with Crippen molar-refractivity contribution < 1.29 is 9.31 Å². The Balaban J connectivity index is 2.31. The van der Waals surface area contributed by atoms with E-state index in [1.807, 2.05) is 52.9 Å². The largest absolute Gasteiger partial charge is 0.496 e. The van der Waals surface area contributed by atoms with Gasteiger partial charge in [-0.1, -0.05) is 23.7 Å². The molecule has 3 nitrogen and oxygen atoms in total. The molecule has 0 unspecified atom stereocenters. The van der Waals surface area contributed by atoms with Crippen molar-refractivity contribution in [1.82, 2.24) is 5.32 Å². The molecule has 2 rings (SSSR count). The van der Waals surface area contributed by atoms with Crippen LogP contribution in [0.4, 0.5) is 0 Å². The van der Waals surface area contributed by atoms with Crippen LogP contribution in [0, 0.1) is 0 Å². The van der Waals surface area contributed by atoms with E-state index >= 15 is 0 Å². The Bertz CT molecular complexity index is 461. The summed E-state index contributed by atoms with van der Waals surface area (Å²) >= 11 is 6.28. The average molecular weight is 282 g/mol. The standard InChI is InChI=1S/C14H21BClNO2/c1-13(2)14(3,4)19-15(18-13)11-8-10(9-17-5)6-7-12(11)16/h6-8,17H,9H2,1-5H3. The monoisotopic (exact) mass is 281 g/mol. The Morgan fingerprint density at radius 1 is 1.16 bits per heavy atom. The first-order chi connectivity index (χ1) is 8.77. The summed E-state index contributed by atoms with van der Waals surface area (Å²) in [4.78, 5) is 0. The highest BCUT2D eigenvalue weighted by molar-refractivity contribution is 6.65. The summed E-state index contributed by atoms with van der Waals surface area (Å²) in [5.74, 6) is 0. The Morgan fingerprint density at radius 2 is 1.74 bits per heavy atom. The molecule has 1 aliphatic heterocycles. The molecule has 0 aromatic heterocycles. The summed E-state index contributed by atoms with van der Waals surface area (Å²) in [7, 11) is 1.51. The number of hydrogen-bond donors (Lipinski definition) is 1. The Kier molecular flexibility index (Phi) is 3.98. The summed E-state index contributed by atoms with van der Waals surface area (Å²) in [6, 6.07) is 5.95. The summed E-state index contributed by atoms with van der Waals surface area (Å²) in [6.45, 7) is 8.96. The number of benzene rings is 1. The smallest absolute Gasteiger partial charge is 0.399 e. The van der Waals surface area contributed by atoms with Crippen molar-refractivity contribution in [2.24, 2.45) is 0 Å². The summed E-state index contributed by atoms with van der Waals surface area (Å²) in [5, 5.41) is 3.81. The van der Waals surface area contributed by atoms with Crippen LogP contribution in [0.5, 0.6) is 0 Å². The van der Waals surface area contributed by atoms with Crippen molar-refractivity contribution >= 4 is 24.2 Å². The number of rotatable bonds is 3. The first kappa shape index (κ1) is 14.9. The summed E-state index contributed by atoms with van der Waals surface area (Å²) in [5.41, 5.74) is 1.37. The molecule has 1 saturated heterocycles. The fourth-order valence-corrected chi connectivity index (χ4v) is 2.26. The first-order valence-electron chi connectivity index (χ1n) is 6.55. The molecule has 1 aromatic rings.